The largest absolute Gasteiger partial charge is 0.352 e. The molecule has 0 bridgehead atoms. The molecular weight excluding hydrogens is 558 g/mol. The molecule has 0 radical (unpaired) electrons. The Morgan fingerprint density at radius 2 is 1.44 bits per heavy atom. The lowest BCUT2D eigenvalue weighted by atomic mass is 9.94. The van der Waals surface area contributed by atoms with E-state index in [4.69, 9.17) is 0 Å². The van der Waals surface area contributed by atoms with E-state index in [0.717, 1.165) is 47.9 Å². The topological polar surface area (TPSA) is 86.8 Å². The van der Waals surface area contributed by atoms with Gasteiger partial charge in [-0.1, -0.05) is 86.0 Å². The Kier molecular flexibility index (Phi) is 11.4. The number of aryl methyl sites for hydroxylation is 2. The number of rotatable bonds is 13. The van der Waals surface area contributed by atoms with E-state index in [9.17, 15) is 18.0 Å². The highest BCUT2D eigenvalue weighted by Gasteiger charge is 2.32. The summed E-state index contributed by atoms with van der Waals surface area (Å²) in [4.78, 5) is 29.6. The van der Waals surface area contributed by atoms with Crippen LogP contribution in [0.2, 0.25) is 0 Å². The van der Waals surface area contributed by atoms with Gasteiger partial charge >= 0.3 is 0 Å². The number of hydrogen-bond acceptors (Lipinski definition) is 4. The molecular formula is C35H45N3O4S. The fourth-order valence-corrected chi connectivity index (χ4v) is 6.93. The Hall–Kier alpha value is -3.65. The Morgan fingerprint density at radius 3 is 2.02 bits per heavy atom. The highest BCUT2D eigenvalue weighted by Crippen LogP contribution is 2.23. The summed E-state index contributed by atoms with van der Waals surface area (Å²) in [6, 6.07) is 24.7. The molecule has 3 aromatic rings. The van der Waals surface area contributed by atoms with Gasteiger partial charge in [0.1, 0.15) is 6.04 Å². The van der Waals surface area contributed by atoms with Crippen LogP contribution in [0.5, 0.6) is 0 Å². The van der Waals surface area contributed by atoms with Gasteiger partial charge in [0.25, 0.3) is 0 Å². The number of amides is 2. The average Bonchev–Trinajstić information content (AvgIpc) is 2.97. The van der Waals surface area contributed by atoms with E-state index in [2.05, 4.69) is 5.32 Å². The highest BCUT2D eigenvalue weighted by atomic mass is 32.2. The van der Waals surface area contributed by atoms with E-state index in [1.165, 1.54) is 17.0 Å². The van der Waals surface area contributed by atoms with Crippen molar-refractivity contribution in [3.8, 4) is 0 Å². The highest BCUT2D eigenvalue weighted by molar-refractivity contribution is 7.92. The van der Waals surface area contributed by atoms with Crippen molar-refractivity contribution in [2.75, 3.05) is 17.1 Å². The Balaban J connectivity index is 1.58. The Morgan fingerprint density at radius 1 is 0.860 bits per heavy atom. The molecule has 230 valence electrons. The lowest BCUT2D eigenvalue weighted by Gasteiger charge is -2.34. The zero-order valence-electron chi connectivity index (χ0n) is 25.7. The lowest BCUT2D eigenvalue weighted by molar-refractivity contribution is -0.141. The van der Waals surface area contributed by atoms with Crippen molar-refractivity contribution in [2.45, 2.75) is 83.8 Å². The summed E-state index contributed by atoms with van der Waals surface area (Å²) < 4.78 is 26.9. The summed E-state index contributed by atoms with van der Waals surface area (Å²) in [7, 11) is -3.56. The number of nitrogens with zero attached hydrogens (tertiary/aromatic N) is 2. The first-order chi connectivity index (χ1) is 20.6. The van der Waals surface area contributed by atoms with E-state index >= 15 is 0 Å². The van der Waals surface area contributed by atoms with E-state index in [0.29, 0.717) is 25.1 Å². The molecule has 0 heterocycles. The van der Waals surface area contributed by atoms with Gasteiger partial charge in [-0.25, -0.2) is 8.42 Å². The zero-order chi connectivity index (χ0) is 30.8. The van der Waals surface area contributed by atoms with Gasteiger partial charge in [-0.05, 0) is 67.5 Å². The van der Waals surface area contributed by atoms with Crippen molar-refractivity contribution in [1.82, 2.24) is 10.2 Å². The molecule has 0 spiro atoms. The monoisotopic (exact) mass is 603 g/mol. The van der Waals surface area contributed by atoms with Crippen LogP contribution in [0.3, 0.4) is 0 Å². The van der Waals surface area contributed by atoms with Crippen molar-refractivity contribution in [2.24, 2.45) is 0 Å². The number of nitrogens with one attached hydrogen (secondary N) is 1. The lowest BCUT2D eigenvalue weighted by Crippen LogP contribution is -2.52. The van der Waals surface area contributed by atoms with Crippen LogP contribution in [0.4, 0.5) is 5.69 Å². The van der Waals surface area contributed by atoms with Gasteiger partial charge in [0.15, 0.2) is 0 Å². The minimum absolute atomic E-state index is 0.117. The van der Waals surface area contributed by atoms with Crippen LogP contribution in [0.15, 0.2) is 78.9 Å². The summed E-state index contributed by atoms with van der Waals surface area (Å²) in [6.07, 6.45) is 7.32. The number of sulfonamides is 1. The molecule has 1 aliphatic carbocycles. The van der Waals surface area contributed by atoms with Crippen molar-refractivity contribution in [3.05, 3.63) is 101 Å². The van der Waals surface area contributed by atoms with Gasteiger partial charge in [0, 0.05) is 32.0 Å². The fourth-order valence-electron chi connectivity index (χ4n) is 5.98. The van der Waals surface area contributed by atoms with Gasteiger partial charge in [-0.3, -0.25) is 13.9 Å². The summed E-state index contributed by atoms with van der Waals surface area (Å²) in [5, 5.41) is 3.27. The molecule has 1 saturated carbocycles. The van der Waals surface area contributed by atoms with Crippen LogP contribution in [0.1, 0.15) is 67.2 Å². The number of hydrogen-bond donors (Lipinski definition) is 1. The van der Waals surface area contributed by atoms with Gasteiger partial charge in [-0.2, -0.15) is 0 Å². The predicted molar refractivity (Wildman–Crippen MR) is 173 cm³/mol. The second-order valence-corrected chi connectivity index (χ2v) is 13.7. The standard InChI is InChI=1S/C35H45N3O4S/c1-27-22-28(2)24-32(23-27)38(43(3,41)42)21-13-20-34(39)37(26-30-16-9-5-10-17-30)33(25-29-14-7-4-8-15-29)35(40)36-31-18-11-6-12-19-31/h4-5,7-10,14-17,22-24,31,33H,6,11-13,18-21,25-26H2,1-3H3,(H,36,40)/t33-/m1/s1. The maximum Gasteiger partial charge on any atom is 0.243 e. The molecule has 2 amide bonds. The van der Waals surface area contributed by atoms with Crippen LogP contribution in [-0.4, -0.2) is 50.0 Å². The van der Waals surface area contributed by atoms with Gasteiger partial charge in [-0.15, -0.1) is 0 Å². The van der Waals surface area contributed by atoms with Crippen LogP contribution < -0.4 is 9.62 Å². The predicted octanol–water partition coefficient (Wildman–Crippen LogP) is 5.94. The third-order valence-corrected chi connectivity index (χ3v) is 9.26. The molecule has 4 rings (SSSR count). The minimum atomic E-state index is -3.56. The SMILES string of the molecule is Cc1cc(C)cc(N(CCCC(=O)N(Cc2ccccc2)[C@H](Cc2ccccc2)C(=O)NC2CCCCC2)S(C)(=O)=O)c1. The number of carbonyl (C=O) groups excluding carboxylic acids is 2. The molecule has 1 atom stereocenters. The smallest absolute Gasteiger partial charge is 0.243 e. The Labute approximate surface area is 257 Å². The first kappa shape index (κ1) is 32.3. The number of carbonyl (C=O) groups is 2. The second-order valence-electron chi connectivity index (χ2n) is 11.8. The summed E-state index contributed by atoms with van der Waals surface area (Å²) in [6.45, 7) is 4.34. The van der Waals surface area contributed by atoms with Crippen LogP contribution in [-0.2, 0) is 32.6 Å². The zero-order valence-corrected chi connectivity index (χ0v) is 26.5. The summed E-state index contributed by atoms with van der Waals surface area (Å²) in [5.74, 6) is -0.300. The molecule has 1 fully saturated rings. The molecule has 0 unspecified atom stereocenters. The second kappa shape index (κ2) is 15.2. The van der Waals surface area contributed by atoms with E-state index in [1.807, 2.05) is 92.7 Å². The third kappa shape index (κ3) is 9.68. The first-order valence-corrected chi connectivity index (χ1v) is 17.2. The summed E-state index contributed by atoms with van der Waals surface area (Å²) >= 11 is 0. The van der Waals surface area contributed by atoms with Crippen LogP contribution in [0, 0.1) is 13.8 Å². The molecule has 8 heteroatoms. The van der Waals surface area contributed by atoms with Crippen LogP contribution >= 0.6 is 0 Å². The van der Waals surface area contributed by atoms with Crippen LogP contribution in [0.25, 0.3) is 0 Å². The van der Waals surface area contributed by atoms with Gasteiger partial charge in [0.05, 0.1) is 11.9 Å². The molecule has 0 aliphatic heterocycles. The van der Waals surface area contributed by atoms with Gasteiger partial charge < -0.3 is 10.2 Å². The number of benzene rings is 3. The molecule has 3 aromatic carbocycles. The van der Waals surface area contributed by atoms with Crippen molar-refractivity contribution >= 4 is 27.5 Å². The molecule has 43 heavy (non-hydrogen) atoms. The maximum absolute atomic E-state index is 14.0. The van der Waals surface area contributed by atoms with Crippen molar-refractivity contribution < 1.29 is 18.0 Å². The van der Waals surface area contributed by atoms with Crippen molar-refractivity contribution in [3.63, 3.8) is 0 Å². The molecule has 0 aromatic heterocycles. The maximum atomic E-state index is 14.0. The van der Waals surface area contributed by atoms with E-state index < -0.39 is 16.1 Å². The quantitative estimate of drug-likeness (QED) is 0.262. The van der Waals surface area contributed by atoms with Gasteiger partial charge in [0.2, 0.25) is 21.8 Å². The first-order valence-electron chi connectivity index (χ1n) is 15.3. The molecule has 1 N–H and O–H groups in total. The molecule has 7 nitrogen and oxygen atoms in total. The third-order valence-electron chi connectivity index (χ3n) is 8.07. The number of anilines is 1. The molecule has 0 saturated heterocycles. The molecule has 1 aliphatic rings. The minimum Gasteiger partial charge on any atom is -0.352 e. The summed E-state index contributed by atoms with van der Waals surface area (Å²) in [5.41, 5.74) is 4.47. The van der Waals surface area contributed by atoms with Crippen molar-refractivity contribution in [1.29, 1.82) is 0 Å². The average molecular weight is 604 g/mol. The Bertz CT molecular complexity index is 1430. The fraction of sp³-hybridized carbons (Fsp3) is 0.429. The normalized spacial score (nSPS) is 14.6. The van der Waals surface area contributed by atoms with E-state index in [1.54, 1.807) is 4.90 Å². The van der Waals surface area contributed by atoms with E-state index in [-0.39, 0.29) is 30.8 Å².